The van der Waals surface area contributed by atoms with Crippen molar-refractivity contribution in [1.29, 1.82) is 0 Å². The number of rotatable bonds is 5. The first kappa shape index (κ1) is 21.8. The first-order valence-electron chi connectivity index (χ1n) is 9.49. The van der Waals surface area contributed by atoms with E-state index < -0.39 is 15.9 Å². The van der Waals surface area contributed by atoms with Crippen LogP contribution in [0.3, 0.4) is 0 Å². The van der Waals surface area contributed by atoms with Gasteiger partial charge in [0, 0.05) is 16.1 Å². The van der Waals surface area contributed by atoms with Crippen LogP contribution in [0, 0.1) is 6.92 Å². The quantitative estimate of drug-likeness (QED) is 0.434. The SMILES string of the molecule is Cc1cc(Cl)ccc1Oc1nc2ccccc2cc1C(=O)Nc1cccc(S(N)(=O)=O)c1. The van der Waals surface area contributed by atoms with E-state index >= 15 is 0 Å². The van der Waals surface area contributed by atoms with Gasteiger partial charge in [0.1, 0.15) is 11.3 Å². The number of anilines is 1. The largest absolute Gasteiger partial charge is 0.438 e. The van der Waals surface area contributed by atoms with Crippen molar-refractivity contribution in [1.82, 2.24) is 4.98 Å². The summed E-state index contributed by atoms with van der Waals surface area (Å²) >= 11 is 6.03. The molecule has 1 aromatic heterocycles. The topological polar surface area (TPSA) is 111 Å². The predicted octanol–water partition coefficient (Wildman–Crippen LogP) is 4.89. The van der Waals surface area contributed by atoms with Gasteiger partial charge in [-0.3, -0.25) is 4.79 Å². The van der Waals surface area contributed by atoms with Crippen LogP contribution in [0.1, 0.15) is 15.9 Å². The molecule has 9 heteroatoms. The molecule has 162 valence electrons. The van der Waals surface area contributed by atoms with E-state index in [9.17, 15) is 13.2 Å². The summed E-state index contributed by atoms with van der Waals surface area (Å²) in [5, 5.41) is 9.18. The molecule has 0 radical (unpaired) electrons. The molecule has 0 saturated carbocycles. The van der Waals surface area contributed by atoms with Gasteiger partial charge in [-0.05, 0) is 61.0 Å². The average Bonchev–Trinajstić information content (AvgIpc) is 2.75. The molecule has 0 fully saturated rings. The van der Waals surface area contributed by atoms with Gasteiger partial charge in [0.05, 0.1) is 10.4 Å². The number of carbonyl (C=O) groups excluding carboxylic acids is 1. The van der Waals surface area contributed by atoms with Gasteiger partial charge in [-0.15, -0.1) is 0 Å². The number of fused-ring (bicyclic) bond motifs is 1. The van der Waals surface area contributed by atoms with Gasteiger partial charge < -0.3 is 10.1 Å². The lowest BCUT2D eigenvalue weighted by molar-refractivity contribution is 0.102. The maximum atomic E-state index is 13.1. The van der Waals surface area contributed by atoms with Crippen molar-refractivity contribution in [3.8, 4) is 11.6 Å². The third-order valence-corrected chi connectivity index (χ3v) is 5.84. The van der Waals surface area contributed by atoms with E-state index in [1.807, 2.05) is 31.2 Å². The Kier molecular flexibility index (Phi) is 5.84. The summed E-state index contributed by atoms with van der Waals surface area (Å²) in [6.45, 7) is 1.83. The van der Waals surface area contributed by atoms with E-state index in [0.29, 0.717) is 16.3 Å². The molecular weight excluding hydrogens is 450 g/mol. The molecule has 0 atom stereocenters. The molecule has 0 saturated heterocycles. The van der Waals surface area contributed by atoms with Crippen molar-refractivity contribution >= 4 is 44.1 Å². The van der Waals surface area contributed by atoms with Crippen molar-refractivity contribution in [2.24, 2.45) is 5.14 Å². The number of nitrogens with one attached hydrogen (secondary N) is 1. The van der Waals surface area contributed by atoms with Crippen LogP contribution in [0.25, 0.3) is 10.9 Å². The van der Waals surface area contributed by atoms with Crippen LogP contribution in [0.5, 0.6) is 11.6 Å². The number of primary sulfonamides is 1. The molecule has 0 bridgehead atoms. The number of aryl methyl sites for hydroxylation is 1. The van der Waals surface area contributed by atoms with Crippen molar-refractivity contribution < 1.29 is 17.9 Å². The normalized spacial score (nSPS) is 11.3. The molecule has 7 nitrogen and oxygen atoms in total. The predicted molar refractivity (Wildman–Crippen MR) is 124 cm³/mol. The van der Waals surface area contributed by atoms with Crippen LogP contribution in [-0.2, 0) is 10.0 Å². The zero-order valence-corrected chi connectivity index (χ0v) is 18.4. The monoisotopic (exact) mass is 467 g/mol. The highest BCUT2D eigenvalue weighted by Crippen LogP contribution is 2.31. The van der Waals surface area contributed by atoms with E-state index in [1.165, 1.54) is 18.2 Å². The lowest BCUT2D eigenvalue weighted by atomic mass is 10.1. The Balaban J connectivity index is 1.75. The highest BCUT2D eigenvalue weighted by atomic mass is 35.5. The van der Waals surface area contributed by atoms with Gasteiger partial charge >= 0.3 is 0 Å². The first-order chi connectivity index (χ1) is 15.2. The Morgan fingerprint density at radius 3 is 2.56 bits per heavy atom. The Hall–Kier alpha value is -3.46. The lowest BCUT2D eigenvalue weighted by Gasteiger charge is -2.14. The van der Waals surface area contributed by atoms with Crippen LogP contribution in [0.4, 0.5) is 5.69 Å². The third-order valence-electron chi connectivity index (χ3n) is 4.70. The fraction of sp³-hybridized carbons (Fsp3) is 0.0435. The second kappa shape index (κ2) is 8.58. The summed E-state index contributed by atoms with van der Waals surface area (Å²) in [7, 11) is -3.91. The molecule has 3 aromatic carbocycles. The summed E-state index contributed by atoms with van der Waals surface area (Å²) in [6, 6.07) is 19.8. The molecule has 3 N–H and O–H groups in total. The van der Waals surface area contributed by atoms with Crippen LogP contribution in [-0.4, -0.2) is 19.3 Å². The number of hydrogen-bond donors (Lipinski definition) is 2. The number of aromatic nitrogens is 1. The Morgan fingerprint density at radius 2 is 1.81 bits per heavy atom. The van der Waals surface area contributed by atoms with Crippen molar-refractivity contribution in [3.05, 3.63) is 88.9 Å². The van der Waals surface area contributed by atoms with Gasteiger partial charge in [-0.1, -0.05) is 35.9 Å². The summed E-state index contributed by atoms with van der Waals surface area (Å²) in [5.74, 6) is 0.0908. The molecule has 4 rings (SSSR count). The first-order valence-corrected chi connectivity index (χ1v) is 11.4. The fourth-order valence-corrected chi connectivity index (χ4v) is 3.91. The third kappa shape index (κ3) is 4.72. The zero-order valence-electron chi connectivity index (χ0n) is 16.9. The minimum absolute atomic E-state index is 0.106. The fourth-order valence-electron chi connectivity index (χ4n) is 3.12. The summed E-state index contributed by atoms with van der Waals surface area (Å²) in [6.07, 6.45) is 0. The molecule has 0 spiro atoms. The van der Waals surface area contributed by atoms with Gasteiger partial charge in [-0.2, -0.15) is 0 Å². The van der Waals surface area contributed by atoms with Crippen molar-refractivity contribution in [2.75, 3.05) is 5.32 Å². The summed E-state index contributed by atoms with van der Waals surface area (Å²) < 4.78 is 29.2. The van der Waals surface area contributed by atoms with E-state index in [1.54, 1.807) is 30.3 Å². The summed E-state index contributed by atoms with van der Waals surface area (Å²) in [5.41, 5.74) is 1.88. The number of nitrogens with two attached hydrogens (primary N) is 1. The van der Waals surface area contributed by atoms with Crippen LogP contribution >= 0.6 is 11.6 Å². The number of ether oxygens (including phenoxy) is 1. The standard InChI is InChI=1S/C23H18ClN3O4S/c1-14-11-16(24)9-10-21(14)31-23-19(12-15-5-2-3-8-20(15)27-23)22(28)26-17-6-4-7-18(13-17)32(25,29)30/h2-13H,1H3,(H,26,28)(H2,25,29,30). The molecule has 0 unspecified atom stereocenters. The average molecular weight is 468 g/mol. The van der Waals surface area contributed by atoms with E-state index in [2.05, 4.69) is 10.3 Å². The Morgan fingerprint density at radius 1 is 1.03 bits per heavy atom. The van der Waals surface area contributed by atoms with E-state index in [4.69, 9.17) is 21.5 Å². The zero-order chi connectivity index (χ0) is 22.9. The van der Waals surface area contributed by atoms with Gasteiger partial charge in [0.15, 0.2) is 0 Å². The number of sulfonamides is 1. The van der Waals surface area contributed by atoms with Crippen molar-refractivity contribution in [3.63, 3.8) is 0 Å². The smallest absolute Gasteiger partial charge is 0.261 e. The number of amides is 1. The van der Waals surface area contributed by atoms with Crippen LogP contribution in [0.2, 0.25) is 5.02 Å². The molecule has 1 heterocycles. The number of halogens is 1. The minimum atomic E-state index is -3.91. The molecule has 32 heavy (non-hydrogen) atoms. The Labute approximate surface area is 189 Å². The number of hydrogen-bond acceptors (Lipinski definition) is 5. The number of para-hydroxylation sites is 1. The highest BCUT2D eigenvalue weighted by Gasteiger charge is 2.18. The number of carbonyl (C=O) groups is 1. The number of nitrogens with zero attached hydrogens (tertiary/aromatic N) is 1. The van der Waals surface area contributed by atoms with Crippen LogP contribution in [0.15, 0.2) is 77.7 Å². The Bertz CT molecular complexity index is 1460. The van der Waals surface area contributed by atoms with Crippen molar-refractivity contribution in [2.45, 2.75) is 11.8 Å². The molecule has 4 aromatic rings. The van der Waals surface area contributed by atoms with Crippen LogP contribution < -0.4 is 15.2 Å². The molecule has 0 aliphatic heterocycles. The van der Waals surface area contributed by atoms with Gasteiger partial charge in [-0.25, -0.2) is 18.5 Å². The maximum absolute atomic E-state index is 13.1. The molecule has 1 amide bonds. The molecule has 0 aliphatic carbocycles. The molecular formula is C23H18ClN3O4S. The number of benzene rings is 3. The second-order valence-corrected chi connectivity index (χ2v) is 9.07. The lowest BCUT2D eigenvalue weighted by Crippen LogP contribution is -2.16. The highest BCUT2D eigenvalue weighted by molar-refractivity contribution is 7.89. The van der Waals surface area contributed by atoms with E-state index in [-0.39, 0.29) is 22.0 Å². The number of pyridine rings is 1. The van der Waals surface area contributed by atoms with Gasteiger partial charge in [0.25, 0.3) is 5.91 Å². The summed E-state index contributed by atoms with van der Waals surface area (Å²) in [4.78, 5) is 17.5. The minimum Gasteiger partial charge on any atom is -0.438 e. The van der Waals surface area contributed by atoms with E-state index in [0.717, 1.165) is 10.9 Å². The van der Waals surface area contributed by atoms with Gasteiger partial charge in [0.2, 0.25) is 15.9 Å². The second-order valence-electron chi connectivity index (χ2n) is 7.07. The molecule has 0 aliphatic rings. The maximum Gasteiger partial charge on any atom is 0.261 e.